The Morgan fingerprint density at radius 1 is 1.48 bits per heavy atom. The third-order valence-corrected chi connectivity index (χ3v) is 9.24. The lowest BCUT2D eigenvalue weighted by atomic mass is 10.1. The van der Waals surface area contributed by atoms with Gasteiger partial charge >= 0.3 is 5.97 Å². The molecule has 0 saturated carbocycles. The van der Waals surface area contributed by atoms with Crippen LogP contribution in [-0.2, 0) is 14.0 Å². The van der Waals surface area contributed by atoms with Gasteiger partial charge in [-0.2, -0.15) is 0 Å². The number of esters is 1. The largest absolute Gasteiger partial charge is 0.455 e. The highest BCUT2D eigenvalue weighted by molar-refractivity contribution is 14.1. The van der Waals surface area contributed by atoms with E-state index in [0.717, 1.165) is 12.0 Å². The maximum atomic E-state index is 11.8. The van der Waals surface area contributed by atoms with Crippen molar-refractivity contribution in [1.82, 2.24) is 0 Å². The van der Waals surface area contributed by atoms with E-state index in [-0.39, 0.29) is 23.2 Å². The first-order valence-electron chi connectivity index (χ1n) is 7.41. The molecule has 0 saturated heterocycles. The lowest BCUT2D eigenvalue weighted by molar-refractivity contribution is -0.139. The lowest BCUT2D eigenvalue weighted by Crippen LogP contribution is -2.44. The number of carbonyl (C=O) groups excluding carboxylic acids is 1. The number of halogens is 1. The Morgan fingerprint density at radius 2 is 2.10 bits per heavy atom. The van der Waals surface area contributed by atoms with Crippen LogP contribution in [0.1, 0.15) is 40.5 Å². The Bertz CT molecular complexity index is 435. The van der Waals surface area contributed by atoms with Crippen LogP contribution in [0.2, 0.25) is 18.1 Å². The molecule has 0 unspecified atom stereocenters. The quantitative estimate of drug-likeness (QED) is 0.344. The molecular weight excluding hydrogens is 395 g/mol. The van der Waals surface area contributed by atoms with Crippen molar-refractivity contribution >= 4 is 36.9 Å². The fourth-order valence-corrected chi connectivity index (χ4v) is 3.66. The van der Waals surface area contributed by atoms with E-state index < -0.39 is 8.32 Å². The highest BCUT2D eigenvalue weighted by Crippen LogP contribution is 2.38. The van der Waals surface area contributed by atoms with E-state index in [4.69, 9.17) is 9.16 Å². The second-order valence-electron chi connectivity index (χ2n) is 7.10. The first-order valence-corrected chi connectivity index (χ1v) is 11.6. The molecule has 120 valence electrons. The van der Waals surface area contributed by atoms with Crippen molar-refractivity contribution in [2.24, 2.45) is 0 Å². The second-order valence-corrected chi connectivity index (χ2v) is 12.6. The molecule has 0 aromatic carbocycles. The van der Waals surface area contributed by atoms with E-state index in [9.17, 15) is 4.79 Å². The fourth-order valence-electron chi connectivity index (χ4n) is 2.00. The van der Waals surface area contributed by atoms with Gasteiger partial charge in [0.1, 0.15) is 6.10 Å². The van der Waals surface area contributed by atoms with E-state index in [1.807, 2.05) is 17.1 Å². The van der Waals surface area contributed by atoms with Crippen molar-refractivity contribution in [1.29, 1.82) is 0 Å². The van der Waals surface area contributed by atoms with Gasteiger partial charge in [0.05, 0.1) is 6.10 Å². The van der Waals surface area contributed by atoms with Crippen molar-refractivity contribution < 1.29 is 14.0 Å². The predicted octanol–water partition coefficient (Wildman–Crippen LogP) is 4.98. The molecule has 5 heteroatoms. The molecule has 2 atom stereocenters. The van der Waals surface area contributed by atoms with Gasteiger partial charge in [0.15, 0.2) is 8.32 Å². The topological polar surface area (TPSA) is 35.5 Å². The summed E-state index contributed by atoms with van der Waals surface area (Å²) in [5, 5.41) is 0.164. The van der Waals surface area contributed by atoms with Crippen LogP contribution in [0.4, 0.5) is 0 Å². The number of hydrogen-bond donors (Lipinski definition) is 0. The minimum Gasteiger partial charge on any atom is -0.455 e. The van der Waals surface area contributed by atoms with Crippen LogP contribution < -0.4 is 0 Å². The molecule has 1 aliphatic heterocycles. The Labute approximate surface area is 143 Å². The minimum atomic E-state index is -1.84. The molecule has 0 radical (unpaired) electrons. The number of ether oxygens (including phenoxy) is 1. The van der Waals surface area contributed by atoms with Gasteiger partial charge in [-0.3, -0.25) is 0 Å². The first kappa shape index (κ1) is 18.9. The van der Waals surface area contributed by atoms with Gasteiger partial charge in [0, 0.05) is 12.0 Å². The molecular formula is C16H27IO3Si. The molecule has 0 aliphatic carbocycles. The van der Waals surface area contributed by atoms with Gasteiger partial charge in [-0.05, 0) is 41.6 Å². The van der Waals surface area contributed by atoms with Crippen LogP contribution >= 0.6 is 22.6 Å². The summed E-state index contributed by atoms with van der Waals surface area (Å²) in [6, 6.07) is 0. The van der Waals surface area contributed by atoms with Crippen LogP contribution in [0.25, 0.3) is 0 Å². The Balaban J connectivity index is 2.82. The summed E-state index contributed by atoms with van der Waals surface area (Å²) in [6.45, 7) is 13.1. The second kappa shape index (κ2) is 7.42. The highest BCUT2D eigenvalue weighted by atomic mass is 127. The molecule has 1 aliphatic rings. The lowest BCUT2D eigenvalue weighted by Gasteiger charge is -2.39. The normalized spacial score (nSPS) is 21.6. The van der Waals surface area contributed by atoms with Crippen LogP contribution in [0, 0.1) is 0 Å². The molecule has 1 heterocycles. The van der Waals surface area contributed by atoms with Gasteiger partial charge < -0.3 is 9.16 Å². The number of hydrogen-bond acceptors (Lipinski definition) is 3. The van der Waals surface area contributed by atoms with E-state index >= 15 is 0 Å². The van der Waals surface area contributed by atoms with Gasteiger partial charge in [0.25, 0.3) is 0 Å². The molecule has 21 heavy (non-hydrogen) atoms. The summed E-state index contributed by atoms with van der Waals surface area (Å²) in [5.41, 5.74) is 0.757. The molecule has 0 aromatic rings. The third kappa shape index (κ3) is 5.52. The molecule has 0 spiro atoms. The molecule has 0 fully saturated rings. The minimum absolute atomic E-state index is 0.0426. The van der Waals surface area contributed by atoms with E-state index in [1.165, 1.54) is 0 Å². The summed E-state index contributed by atoms with van der Waals surface area (Å²) < 4.78 is 13.7. The van der Waals surface area contributed by atoms with E-state index in [1.54, 1.807) is 0 Å². The molecule has 3 nitrogen and oxygen atoms in total. The van der Waals surface area contributed by atoms with Crippen molar-refractivity contribution in [3.63, 3.8) is 0 Å². The van der Waals surface area contributed by atoms with Crippen molar-refractivity contribution in [3.05, 3.63) is 21.8 Å². The van der Waals surface area contributed by atoms with Crippen LogP contribution in [0.15, 0.2) is 21.8 Å². The molecule has 0 amide bonds. The summed E-state index contributed by atoms with van der Waals surface area (Å²) in [7, 11) is -1.84. The smallest absolute Gasteiger partial charge is 0.334 e. The zero-order chi connectivity index (χ0) is 16.3. The van der Waals surface area contributed by atoms with Crippen molar-refractivity contribution in [2.45, 2.75) is 70.9 Å². The summed E-state index contributed by atoms with van der Waals surface area (Å²) >= 11 is 2.22. The van der Waals surface area contributed by atoms with Crippen molar-refractivity contribution in [2.75, 3.05) is 0 Å². The molecule has 0 bridgehead atoms. The van der Waals surface area contributed by atoms with E-state index in [0.29, 0.717) is 6.42 Å². The average molecular weight is 422 g/mol. The van der Waals surface area contributed by atoms with Gasteiger partial charge in [-0.25, -0.2) is 4.79 Å². The fraction of sp³-hybridized carbons (Fsp3) is 0.688. The zero-order valence-corrected chi connectivity index (χ0v) is 17.1. The Morgan fingerprint density at radius 3 is 2.52 bits per heavy atom. The van der Waals surface area contributed by atoms with Gasteiger partial charge in [-0.15, -0.1) is 0 Å². The average Bonchev–Trinajstić information content (AvgIpc) is 2.63. The van der Waals surface area contributed by atoms with Gasteiger partial charge in [0.2, 0.25) is 0 Å². The third-order valence-electron chi connectivity index (χ3n) is 4.19. The SMILES string of the molecule is C[C@H]1C=C(C[C@@H](C/C=C/I)O[Si](C)(C)C(C)(C)C)C(=O)O1. The number of rotatable bonds is 6. The van der Waals surface area contributed by atoms with Crippen LogP contribution in [0.3, 0.4) is 0 Å². The molecule has 1 rings (SSSR count). The van der Waals surface area contributed by atoms with E-state index in [2.05, 4.69) is 62.5 Å². The van der Waals surface area contributed by atoms with Crippen molar-refractivity contribution in [3.8, 4) is 0 Å². The Kier molecular flexibility index (Phi) is 6.68. The monoisotopic (exact) mass is 422 g/mol. The summed E-state index contributed by atoms with van der Waals surface area (Å²) in [4.78, 5) is 11.8. The molecule has 0 aromatic heterocycles. The van der Waals surface area contributed by atoms with Gasteiger partial charge in [-0.1, -0.05) is 49.4 Å². The summed E-state index contributed by atoms with van der Waals surface area (Å²) in [6.07, 6.45) is 5.41. The van der Waals surface area contributed by atoms with Crippen LogP contribution in [0.5, 0.6) is 0 Å². The zero-order valence-electron chi connectivity index (χ0n) is 13.9. The number of carbonyl (C=O) groups is 1. The number of cyclic esters (lactones) is 1. The van der Waals surface area contributed by atoms with Crippen LogP contribution in [-0.4, -0.2) is 26.5 Å². The standard InChI is InChI=1S/C16H27IO3Si/c1-12-10-13(15(18)19-12)11-14(8-7-9-17)20-21(5,6)16(2,3)4/h7,9-10,12,14H,8,11H2,1-6H3/b9-7+/t12-,14+/m0/s1. The highest BCUT2D eigenvalue weighted by Gasteiger charge is 2.39. The maximum absolute atomic E-state index is 11.8. The maximum Gasteiger partial charge on any atom is 0.334 e. The first-order chi connectivity index (χ1) is 9.56. The molecule has 0 N–H and O–H groups in total. The summed E-state index contributed by atoms with van der Waals surface area (Å²) in [5.74, 6) is -0.190. The predicted molar refractivity (Wildman–Crippen MR) is 98.1 cm³/mol. The Hall–Kier alpha value is -0.143.